The number of aliphatic carboxylic acids is 1. The highest BCUT2D eigenvalue weighted by molar-refractivity contribution is 9.11. The summed E-state index contributed by atoms with van der Waals surface area (Å²) in [5, 5.41) is 8.58. The summed E-state index contributed by atoms with van der Waals surface area (Å²) in [5.41, 5.74) is 6.88. The standard InChI is InChI=1S/C8H7Br2NO2/c9-5-3-7(11)6(10)1-4(5)2-8(12)13/h1,3H,2,11H2,(H,12,13). The van der Waals surface area contributed by atoms with Gasteiger partial charge in [-0.1, -0.05) is 15.9 Å². The summed E-state index contributed by atoms with van der Waals surface area (Å²) in [7, 11) is 0. The number of halogens is 2. The van der Waals surface area contributed by atoms with Gasteiger partial charge in [0, 0.05) is 14.6 Å². The molecule has 70 valence electrons. The highest BCUT2D eigenvalue weighted by Crippen LogP contribution is 2.27. The van der Waals surface area contributed by atoms with Gasteiger partial charge in [0.2, 0.25) is 0 Å². The van der Waals surface area contributed by atoms with Gasteiger partial charge in [-0.2, -0.15) is 0 Å². The lowest BCUT2D eigenvalue weighted by Gasteiger charge is -2.04. The first-order chi connectivity index (χ1) is 6.00. The molecule has 0 aliphatic carbocycles. The molecular formula is C8H7Br2NO2. The number of rotatable bonds is 2. The van der Waals surface area contributed by atoms with E-state index in [0.717, 1.165) is 4.47 Å². The minimum absolute atomic E-state index is 0.0144. The van der Waals surface area contributed by atoms with Gasteiger partial charge in [0.05, 0.1) is 6.42 Å². The summed E-state index contributed by atoms with van der Waals surface area (Å²) in [6, 6.07) is 3.38. The van der Waals surface area contributed by atoms with Crippen molar-refractivity contribution in [1.82, 2.24) is 0 Å². The first-order valence-corrected chi connectivity index (χ1v) is 5.04. The fraction of sp³-hybridized carbons (Fsp3) is 0.125. The van der Waals surface area contributed by atoms with E-state index in [9.17, 15) is 4.79 Å². The Labute approximate surface area is 92.2 Å². The van der Waals surface area contributed by atoms with Crippen molar-refractivity contribution in [2.24, 2.45) is 0 Å². The Morgan fingerprint density at radius 3 is 2.54 bits per heavy atom. The van der Waals surface area contributed by atoms with Crippen LogP contribution in [0.15, 0.2) is 21.1 Å². The molecule has 5 heteroatoms. The minimum atomic E-state index is -0.864. The minimum Gasteiger partial charge on any atom is -0.481 e. The third-order valence-electron chi connectivity index (χ3n) is 1.51. The highest BCUT2D eigenvalue weighted by atomic mass is 79.9. The zero-order valence-corrected chi connectivity index (χ0v) is 9.72. The smallest absolute Gasteiger partial charge is 0.307 e. The molecule has 3 N–H and O–H groups in total. The average Bonchev–Trinajstić information content (AvgIpc) is 1.99. The molecule has 0 spiro atoms. The Kier molecular flexibility index (Phi) is 3.33. The predicted octanol–water partition coefficient (Wildman–Crippen LogP) is 2.42. The number of hydrogen-bond acceptors (Lipinski definition) is 2. The van der Waals surface area contributed by atoms with E-state index >= 15 is 0 Å². The third kappa shape index (κ3) is 2.70. The number of nitrogens with two attached hydrogens (primary N) is 1. The molecule has 0 atom stereocenters. The fourth-order valence-corrected chi connectivity index (χ4v) is 1.79. The summed E-state index contributed by atoms with van der Waals surface area (Å²) in [4.78, 5) is 10.4. The van der Waals surface area contributed by atoms with E-state index in [1.165, 1.54) is 0 Å². The second kappa shape index (κ2) is 4.11. The van der Waals surface area contributed by atoms with Crippen molar-refractivity contribution >= 4 is 43.5 Å². The molecule has 1 aromatic rings. The van der Waals surface area contributed by atoms with Crippen molar-refractivity contribution in [2.75, 3.05) is 5.73 Å². The predicted molar refractivity (Wildman–Crippen MR) is 57.6 cm³/mol. The molecule has 0 aromatic heterocycles. The summed E-state index contributed by atoms with van der Waals surface area (Å²) < 4.78 is 1.43. The van der Waals surface area contributed by atoms with Gasteiger partial charge in [-0.05, 0) is 33.6 Å². The van der Waals surface area contributed by atoms with Crippen LogP contribution < -0.4 is 5.73 Å². The fourth-order valence-electron chi connectivity index (χ4n) is 0.902. The average molecular weight is 309 g/mol. The van der Waals surface area contributed by atoms with E-state index in [4.69, 9.17) is 10.8 Å². The van der Waals surface area contributed by atoms with Gasteiger partial charge >= 0.3 is 5.97 Å². The molecule has 0 saturated heterocycles. The van der Waals surface area contributed by atoms with Crippen LogP contribution in [0.4, 0.5) is 5.69 Å². The second-order valence-corrected chi connectivity index (χ2v) is 4.24. The molecule has 1 aromatic carbocycles. The first-order valence-electron chi connectivity index (χ1n) is 3.46. The summed E-state index contributed by atoms with van der Waals surface area (Å²) >= 11 is 6.48. The van der Waals surface area contributed by atoms with Crippen LogP contribution in [0.5, 0.6) is 0 Å². The monoisotopic (exact) mass is 307 g/mol. The van der Waals surface area contributed by atoms with Gasteiger partial charge in [0.15, 0.2) is 0 Å². The zero-order valence-electron chi connectivity index (χ0n) is 6.55. The van der Waals surface area contributed by atoms with Crippen molar-refractivity contribution in [1.29, 1.82) is 0 Å². The van der Waals surface area contributed by atoms with Crippen LogP contribution in [0.2, 0.25) is 0 Å². The summed E-state index contributed by atoms with van der Waals surface area (Å²) in [6.07, 6.45) is -0.0144. The van der Waals surface area contributed by atoms with Crippen LogP contribution in [-0.2, 0) is 11.2 Å². The molecule has 0 aliphatic rings. The number of carboxylic acid groups (broad SMARTS) is 1. The molecule has 1 rings (SSSR count). The third-order valence-corrected chi connectivity index (χ3v) is 2.93. The molecule has 0 fully saturated rings. The Balaban J connectivity index is 3.08. The molecule has 0 saturated carbocycles. The van der Waals surface area contributed by atoms with Crippen molar-refractivity contribution < 1.29 is 9.90 Å². The van der Waals surface area contributed by atoms with Gasteiger partial charge in [-0.15, -0.1) is 0 Å². The van der Waals surface area contributed by atoms with Crippen LogP contribution in [0.3, 0.4) is 0 Å². The van der Waals surface area contributed by atoms with Crippen molar-refractivity contribution in [3.05, 3.63) is 26.6 Å². The second-order valence-electron chi connectivity index (χ2n) is 2.54. The van der Waals surface area contributed by atoms with Gasteiger partial charge in [0.1, 0.15) is 0 Å². The van der Waals surface area contributed by atoms with E-state index in [-0.39, 0.29) is 6.42 Å². The number of anilines is 1. The van der Waals surface area contributed by atoms with Gasteiger partial charge in [-0.25, -0.2) is 0 Å². The van der Waals surface area contributed by atoms with Crippen LogP contribution in [0.1, 0.15) is 5.56 Å². The molecule has 3 nitrogen and oxygen atoms in total. The number of benzene rings is 1. The molecule has 13 heavy (non-hydrogen) atoms. The molecule has 0 unspecified atom stereocenters. The van der Waals surface area contributed by atoms with Crippen molar-refractivity contribution in [3.63, 3.8) is 0 Å². The molecule has 0 bridgehead atoms. The number of carbonyl (C=O) groups is 1. The van der Waals surface area contributed by atoms with E-state index in [0.29, 0.717) is 15.7 Å². The lowest BCUT2D eigenvalue weighted by atomic mass is 10.1. The van der Waals surface area contributed by atoms with Crippen molar-refractivity contribution in [2.45, 2.75) is 6.42 Å². The first kappa shape index (κ1) is 10.5. The summed E-state index contributed by atoms with van der Waals surface area (Å²) in [5.74, 6) is -0.864. The summed E-state index contributed by atoms with van der Waals surface area (Å²) in [6.45, 7) is 0. The lowest BCUT2D eigenvalue weighted by Crippen LogP contribution is -2.01. The normalized spacial score (nSPS) is 10.0. The number of hydrogen-bond donors (Lipinski definition) is 2. The molecular weight excluding hydrogens is 302 g/mol. The topological polar surface area (TPSA) is 63.3 Å². The van der Waals surface area contributed by atoms with E-state index < -0.39 is 5.97 Å². The Bertz CT molecular complexity index is 352. The van der Waals surface area contributed by atoms with E-state index in [1.807, 2.05) is 0 Å². The highest BCUT2D eigenvalue weighted by Gasteiger charge is 2.07. The van der Waals surface area contributed by atoms with Gasteiger partial charge in [-0.3, -0.25) is 4.79 Å². The van der Waals surface area contributed by atoms with Crippen LogP contribution in [0, 0.1) is 0 Å². The van der Waals surface area contributed by atoms with Gasteiger partial charge < -0.3 is 10.8 Å². The quantitative estimate of drug-likeness (QED) is 0.825. The maximum atomic E-state index is 10.4. The van der Waals surface area contributed by atoms with Crippen LogP contribution >= 0.6 is 31.9 Å². The molecule has 0 amide bonds. The Morgan fingerprint density at radius 1 is 1.38 bits per heavy atom. The SMILES string of the molecule is Nc1cc(Br)c(CC(=O)O)cc1Br. The molecule has 0 aliphatic heterocycles. The Morgan fingerprint density at radius 2 is 2.00 bits per heavy atom. The lowest BCUT2D eigenvalue weighted by molar-refractivity contribution is -0.136. The van der Waals surface area contributed by atoms with Crippen LogP contribution in [0.25, 0.3) is 0 Å². The molecule has 0 radical (unpaired) electrons. The van der Waals surface area contributed by atoms with E-state index in [2.05, 4.69) is 31.9 Å². The van der Waals surface area contributed by atoms with Crippen molar-refractivity contribution in [3.8, 4) is 0 Å². The maximum Gasteiger partial charge on any atom is 0.307 e. The van der Waals surface area contributed by atoms with E-state index in [1.54, 1.807) is 12.1 Å². The van der Waals surface area contributed by atoms with Crippen LogP contribution in [-0.4, -0.2) is 11.1 Å². The zero-order chi connectivity index (χ0) is 10.0. The number of carboxylic acids is 1. The maximum absolute atomic E-state index is 10.4. The molecule has 0 heterocycles. The largest absolute Gasteiger partial charge is 0.481 e. The van der Waals surface area contributed by atoms with Gasteiger partial charge in [0.25, 0.3) is 0 Å². The Hall–Kier alpha value is -0.550. The number of nitrogen functional groups attached to an aromatic ring is 1.